The fourth-order valence-electron chi connectivity index (χ4n) is 6.58. The van der Waals surface area contributed by atoms with Crippen molar-refractivity contribution < 1.29 is 4.42 Å². The second-order valence-corrected chi connectivity index (χ2v) is 11.2. The Kier molecular flexibility index (Phi) is 5.78. The van der Waals surface area contributed by atoms with E-state index in [-0.39, 0.29) is 0 Å². The van der Waals surface area contributed by atoms with Crippen molar-refractivity contribution >= 4 is 44.2 Å². The number of hydrogen-bond donors (Lipinski definition) is 0. The fraction of sp³-hybridized carbons (Fsp3) is 0. The molecule has 0 spiro atoms. The van der Waals surface area contributed by atoms with Crippen LogP contribution in [0.25, 0.3) is 61.3 Å². The standard InChI is InChI=1S/C41H27N3O/c1-3-12-28(13-4-1)33-19-11-17-31-16-9-10-27-43(31)39(33)29-21-23-32(24-22-29)44-36-20-8-7-18-34(36)38-37(44)26-25-35-40(38)45-41(42-35)30-14-5-2-6-15-30/h1-27H. The number of nitrogens with zero attached hydrogens (tertiary/aromatic N) is 3. The summed E-state index contributed by atoms with van der Waals surface area (Å²) in [7, 11) is 0. The third kappa shape index (κ3) is 4.11. The molecule has 45 heavy (non-hydrogen) atoms. The van der Waals surface area contributed by atoms with Gasteiger partial charge in [0.25, 0.3) is 0 Å². The van der Waals surface area contributed by atoms with Crippen LogP contribution in [0.15, 0.2) is 174 Å². The molecular formula is C41H27N3O. The molecule has 0 atom stereocenters. The monoisotopic (exact) mass is 577 g/mol. The number of aromatic nitrogens is 2. The van der Waals surface area contributed by atoms with Crippen LogP contribution in [0.1, 0.15) is 11.1 Å². The highest BCUT2D eigenvalue weighted by Crippen LogP contribution is 2.40. The molecule has 0 unspecified atom stereocenters. The van der Waals surface area contributed by atoms with Gasteiger partial charge in [-0.15, -0.1) is 0 Å². The first-order chi connectivity index (χ1) is 22.3. The zero-order chi connectivity index (χ0) is 29.7. The van der Waals surface area contributed by atoms with Crippen LogP contribution >= 0.6 is 0 Å². The maximum absolute atomic E-state index is 6.48. The topological polar surface area (TPSA) is 34.2 Å². The molecule has 0 saturated carbocycles. The number of benzene rings is 5. The lowest BCUT2D eigenvalue weighted by Gasteiger charge is -2.28. The summed E-state index contributed by atoms with van der Waals surface area (Å²) in [5, 5.41) is 2.21. The SMILES string of the molecule is C1=CC2=CC=CC(c3ccccc3)=C(c3ccc(-n4c5ccccc5c5c6oc(-c7ccccc7)nc6ccc54)cc3)N2C=C1. The molecular weight excluding hydrogens is 550 g/mol. The Morgan fingerprint density at radius 3 is 2.16 bits per heavy atom. The summed E-state index contributed by atoms with van der Waals surface area (Å²) in [6.45, 7) is 0. The largest absolute Gasteiger partial charge is 0.435 e. The summed E-state index contributed by atoms with van der Waals surface area (Å²) in [6, 6.07) is 42.4. The van der Waals surface area contributed by atoms with Crippen LogP contribution in [0.2, 0.25) is 0 Å². The minimum atomic E-state index is 0.634. The van der Waals surface area contributed by atoms with E-state index < -0.39 is 0 Å². The van der Waals surface area contributed by atoms with Gasteiger partial charge < -0.3 is 13.9 Å². The van der Waals surface area contributed by atoms with E-state index in [0.29, 0.717) is 5.89 Å². The Bertz CT molecular complexity index is 2400. The van der Waals surface area contributed by atoms with Gasteiger partial charge in [-0.3, -0.25) is 0 Å². The molecule has 0 aliphatic carbocycles. The molecule has 9 rings (SSSR count). The van der Waals surface area contributed by atoms with Gasteiger partial charge in [-0.2, -0.15) is 0 Å². The maximum atomic E-state index is 6.48. The van der Waals surface area contributed by atoms with Crippen molar-refractivity contribution in [3.63, 3.8) is 0 Å². The molecule has 0 amide bonds. The molecule has 0 radical (unpaired) electrons. The number of para-hydroxylation sites is 1. The molecule has 4 nitrogen and oxygen atoms in total. The minimum absolute atomic E-state index is 0.634. The molecule has 0 saturated heterocycles. The van der Waals surface area contributed by atoms with Gasteiger partial charge >= 0.3 is 0 Å². The highest BCUT2D eigenvalue weighted by atomic mass is 16.3. The van der Waals surface area contributed by atoms with Crippen molar-refractivity contribution in [2.45, 2.75) is 0 Å². The van der Waals surface area contributed by atoms with E-state index in [0.717, 1.165) is 61.1 Å². The van der Waals surface area contributed by atoms with Crippen molar-refractivity contribution in [3.05, 3.63) is 181 Å². The number of hydrogen-bond acceptors (Lipinski definition) is 3. The summed E-state index contributed by atoms with van der Waals surface area (Å²) in [4.78, 5) is 7.13. The third-order valence-corrected chi connectivity index (χ3v) is 8.61. The Hall–Kier alpha value is -6.13. The normalized spacial score (nSPS) is 14.4. The van der Waals surface area contributed by atoms with Crippen LogP contribution in [-0.2, 0) is 0 Å². The van der Waals surface area contributed by atoms with Gasteiger partial charge in [0.05, 0.1) is 22.1 Å². The maximum Gasteiger partial charge on any atom is 0.227 e. The van der Waals surface area contributed by atoms with E-state index in [9.17, 15) is 0 Å². The molecule has 2 aliphatic rings. The zero-order valence-corrected chi connectivity index (χ0v) is 24.3. The highest BCUT2D eigenvalue weighted by Gasteiger charge is 2.22. The Labute approximate surface area is 260 Å². The minimum Gasteiger partial charge on any atom is -0.435 e. The van der Waals surface area contributed by atoms with E-state index in [2.05, 4.69) is 143 Å². The first-order valence-electron chi connectivity index (χ1n) is 15.1. The van der Waals surface area contributed by atoms with Crippen molar-refractivity contribution in [3.8, 4) is 17.1 Å². The Morgan fingerprint density at radius 1 is 0.578 bits per heavy atom. The summed E-state index contributed by atoms with van der Waals surface area (Å²) >= 11 is 0. The van der Waals surface area contributed by atoms with Crippen LogP contribution < -0.4 is 0 Å². The van der Waals surface area contributed by atoms with Crippen LogP contribution in [-0.4, -0.2) is 14.5 Å². The number of oxazole rings is 1. The number of fused-ring (bicyclic) bond motifs is 6. The van der Waals surface area contributed by atoms with Crippen LogP contribution in [0.5, 0.6) is 0 Å². The van der Waals surface area contributed by atoms with Crippen molar-refractivity contribution in [2.24, 2.45) is 0 Å². The first-order valence-corrected chi connectivity index (χ1v) is 15.1. The van der Waals surface area contributed by atoms with E-state index >= 15 is 0 Å². The predicted molar refractivity (Wildman–Crippen MR) is 184 cm³/mol. The molecule has 0 fully saturated rings. The van der Waals surface area contributed by atoms with E-state index in [1.807, 2.05) is 30.3 Å². The summed E-state index contributed by atoms with van der Waals surface area (Å²) in [5.41, 5.74) is 11.7. The summed E-state index contributed by atoms with van der Waals surface area (Å²) < 4.78 is 8.81. The van der Waals surface area contributed by atoms with Crippen molar-refractivity contribution in [1.29, 1.82) is 0 Å². The Balaban J connectivity index is 1.22. The quantitative estimate of drug-likeness (QED) is 0.209. The molecule has 5 aromatic carbocycles. The lowest BCUT2D eigenvalue weighted by Crippen LogP contribution is -2.16. The van der Waals surface area contributed by atoms with E-state index in [4.69, 9.17) is 9.40 Å². The molecule has 2 aromatic heterocycles. The average Bonchev–Trinajstić information content (AvgIpc) is 3.62. The fourth-order valence-corrected chi connectivity index (χ4v) is 6.58. The number of rotatable bonds is 4. The van der Waals surface area contributed by atoms with Gasteiger partial charge in [0.2, 0.25) is 5.89 Å². The van der Waals surface area contributed by atoms with Crippen molar-refractivity contribution in [2.75, 3.05) is 0 Å². The van der Waals surface area contributed by atoms with Gasteiger partial charge in [0.15, 0.2) is 5.58 Å². The van der Waals surface area contributed by atoms with Gasteiger partial charge in [-0.25, -0.2) is 4.98 Å². The van der Waals surface area contributed by atoms with Gasteiger partial charge in [0, 0.05) is 34.1 Å². The first kappa shape index (κ1) is 25.4. The highest BCUT2D eigenvalue weighted by molar-refractivity contribution is 6.19. The smallest absolute Gasteiger partial charge is 0.227 e. The molecule has 0 bridgehead atoms. The second-order valence-electron chi connectivity index (χ2n) is 11.2. The second kappa shape index (κ2) is 10.2. The van der Waals surface area contributed by atoms with Crippen molar-refractivity contribution in [1.82, 2.24) is 14.5 Å². The lowest BCUT2D eigenvalue weighted by atomic mass is 9.98. The van der Waals surface area contributed by atoms with Gasteiger partial charge in [-0.05, 0) is 71.8 Å². The number of allylic oxidation sites excluding steroid dienone is 7. The molecule has 7 aromatic rings. The van der Waals surface area contributed by atoms with Crippen LogP contribution in [0.4, 0.5) is 0 Å². The summed E-state index contributed by atoms with van der Waals surface area (Å²) in [6.07, 6.45) is 15.0. The van der Waals surface area contributed by atoms with Gasteiger partial charge in [-0.1, -0.05) is 97.1 Å². The van der Waals surface area contributed by atoms with E-state index in [1.165, 1.54) is 11.1 Å². The molecule has 2 aliphatic heterocycles. The zero-order valence-electron chi connectivity index (χ0n) is 24.3. The molecule has 4 heterocycles. The Morgan fingerprint density at radius 2 is 1.33 bits per heavy atom. The van der Waals surface area contributed by atoms with E-state index in [1.54, 1.807) is 0 Å². The summed E-state index contributed by atoms with van der Waals surface area (Å²) in [5.74, 6) is 0.634. The lowest BCUT2D eigenvalue weighted by molar-refractivity contribution is 0.623. The van der Waals surface area contributed by atoms with Crippen LogP contribution in [0.3, 0.4) is 0 Å². The third-order valence-electron chi connectivity index (χ3n) is 8.61. The average molecular weight is 578 g/mol. The molecule has 0 N–H and O–H groups in total. The molecule has 212 valence electrons. The van der Waals surface area contributed by atoms with Crippen LogP contribution in [0, 0.1) is 0 Å². The predicted octanol–water partition coefficient (Wildman–Crippen LogP) is 10.3. The van der Waals surface area contributed by atoms with Gasteiger partial charge in [0.1, 0.15) is 5.52 Å². The molecule has 4 heteroatoms.